The van der Waals surface area contributed by atoms with E-state index in [1.165, 1.54) is 11.5 Å². The zero-order valence-electron chi connectivity index (χ0n) is 11.4. The fourth-order valence-corrected chi connectivity index (χ4v) is 3.08. The van der Waals surface area contributed by atoms with E-state index in [4.69, 9.17) is 4.74 Å². The lowest BCUT2D eigenvalue weighted by Crippen LogP contribution is -2.42. The first kappa shape index (κ1) is 14.2. The van der Waals surface area contributed by atoms with E-state index < -0.39 is 5.97 Å². The van der Waals surface area contributed by atoms with Gasteiger partial charge in [0.25, 0.3) is 0 Å². The number of carbonyl (C=O) groups is 1. The number of rotatable bonds is 4. The molecule has 2 rings (SSSR count). The monoisotopic (exact) mass is 285 g/mol. The molecule has 1 saturated heterocycles. The molecule has 0 spiro atoms. The number of hydrogen-bond acceptors (Lipinski definition) is 6. The average molecular weight is 285 g/mol. The maximum absolute atomic E-state index is 11.2. The van der Waals surface area contributed by atoms with E-state index in [1.54, 1.807) is 7.11 Å². The van der Waals surface area contributed by atoms with Crippen LogP contribution in [0, 0.1) is 11.8 Å². The molecule has 6 nitrogen and oxygen atoms in total. The first-order valence-electron chi connectivity index (χ1n) is 6.35. The summed E-state index contributed by atoms with van der Waals surface area (Å²) in [5.41, 5.74) is 0. The van der Waals surface area contributed by atoms with Crippen LogP contribution in [0.3, 0.4) is 0 Å². The number of aliphatic carboxylic acids is 1. The number of anilines is 1. The van der Waals surface area contributed by atoms with Crippen molar-refractivity contribution < 1.29 is 14.6 Å². The summed E-state index contributed by atoms with van der Waals surface area (Å²) in [5.74, 6) is -0.0443. The van der Waals surface area contributed by atoms with Gasteiger partial charge in [-0.05, 0) is 19.3 Å². The van der Waals surface area contributed by atoms with Crippen molar-refractivity contribution in [3.63, 3.8) is 0 Å². The van der Waals surface area contributed by atoms with Crippen LogP contribution in [0.4, 0.5) is 5.13 Å². The first-order chi connectivity index (χ1) is 9.01. The molecule has 1 fully saturated rings. The summed E-state index contributed by atoms with van der Waals surface area (Å²) < 4.78 is 9.46. The van der Waals surface area contributed by atoms with Gasteiger partial charge in [0.2, 0.25) is 5.13 Å². The normalized spacial score (nSPS) is 25.3. The van der Waals surface area contributed by atoms with Gasteiger partial charge in [0.05, 0.1) is 5.92 Å². The minimum atomic E-state index is -0.730. The van der Waals surface area contributed by atoms with Gasteiger partial charge in [0, 0.05) is 31.7 Å². The molecule has 1 aromatic heterocycles. The Labute approximate surface area is 116 Å². The fraction of sp³-hybridized carbons (Fsp3) is 0.750. The van der Waals surface area contributed by atoms with Crippen LogP contribution in [0.15, 0.2) is 0 Å². The van der Waals surface area contributed by atoms with Crippen LogP contribution < -0.4 is 4.90 Å². The third-order valence-electron chi connectivity index (χ3n) is 3.43. The first-order valence-corrected chi connectivity index (χ1v) is 7.12. The van der Waals surface area contributed by atoms with Crippen molar-refractivity contribution in [3.8, 4) is 0 Å². The molecule has 1 N–H and O–H groups in total. The van der Waals surface area contributed by atoms with E-state index in [0.29, 0.717) is 18.3 Å². The van der Waals surface area contributed by atoms with Crippen LogP contribution in [-0.2, 0) is 9.53 Å². The number of piperidine rings is 1. The van der Waals surface area contributed by atoms with Crippen molar-refractivity contribution in [1.82, 2.24) is 9.36 Å². The number of aromatic nitrogens is 2. The Morgan fingerprint density at radius 2 is 2.32 bits per heavy atom. The summed E-state index contributed by atoms with van der Waals surface area (Å²) in [4.78, 5) is 17.6. The van der Waals surface area contributed by atoms with Gasteiger partial charge in [-0.3, -0.25) is 4.79 Å². The number of nitrogens with zero attached hydrogens (tertiary/aromatic N) is 3. The van der Waals surface area contributed by atoms with E-state index in [0.717, 1.165) is 18.1 Å². The Kier molecular flexibility index (Phi) is 4.36. The van der Waals surface area contributed by atoms with Crippen molar-refractivity contribution in [2.24, 2.45) is 11.8 Å². The highest BCUT2D eigenvalue weighted by molar-refractivity contribution is 7.09. The molecule has 2 heterocycles. The van der Waals surface area contributed by atoms with Crippen LogP contribution in [-0.4, -0.2) is 40.6 Å². The van der Waals surface area contributed by atoms with Crippen LogP contribution >= 0.6 is 11.5 Å². The molecule has 7 heteroatoms. The van der Waals surface area contributed by atoms with Gasteiger partial charge in [0.15, 0.2) is 5.82 Å². The number of carboxylic acids is 1. The lowest BCUT2D eigenvalue weighted by atomic mass is 9.91. The molecule has 0 saturated carbocycles. The lowest BCUT2D eigenvalue weighted by molar-refractivity contribution is -0.142. The molecule has 3 atom stereocenters. The molecule has 0 bridgehead atoms. The SMILES string of the molecule is COC(C)c1nsc(N2CC(C)CC(C(=O)O)C2)n1. The van der Waals surface area contributed by atoms with E-state index in [2.05, 4.69) is 16.3 Å². The maximum atomic E-state index is 11.2. The topological polar surface area (TPSA) is 75.5 Å². The average Bonchev–Trinajstić information content (AvgIpc) is 2.86. The molecule has 3 unspecified atom stereocenters. The summed E-state index contributed by atoms with van der Waals surface area (Å²) >= 11 is 1.31. The zero-order valence-corrected chi connectivity index (χ0v) is 12.2. The van der Waals surface area contributed by atoms with Crippen molar-refractivity contribution in [1.29, 1.82) is 0 Å². The van der Waals surface area contributed by atoms with Gasteiger partial charge in [0.1, 0.15) is 6.10 Å². The number of hydrogen-bond donors (Lipinski definition) is 1. The summed E-state index contributed by atoms with van der Waals surface area (Å²) in [6, 6.07) is 0. The Hall–Kier alpha value is -1.21. The minimum absolute atomic E-state index is 0.137. The van der Waals surface area contributed by atoms with Gasteiger partial charge in [-0.2, -0.15) is 4.37 Å². The summed E-state index contributed by atoms with van der Waals surface area (Å²) in [6.45, 7) is 5.31. The maximum Gasteiger partial charge on any atom is 0.308 e. The molecule has 0 radical (unpaired) electrons. The van der Waals surface area contributed by atoms with Crippen molar-refractivity contribution in [2.75, 3.05) is 25.1 Å². The third-order valence-corrected chi connectivity index (χ3v) is 4.22. The number of ether oxygens (including phenoxy) is 1. The van der Waals surface area contributed by atoms with E-state index >= 15 is 0 Å². The van der Waals surface area contributed by atoms with E-state index in [1.807, 2.05) is 11.8 Å². The quantitative estimate of drug-likeness (QED) is 0.909. The predicted octanol–water partition coefficient (Wildman–Crippen LogP) is 1.79. The Bertz CT molecular complexity index is 451. The highest BCUT2D eigenvalue weighted by atomic mass is 32.1. The van der Waals surface area contributed by atoms with Crippen LogP contribution in [0.1, 0.15) is 32.2 Å². The van der Waals surface area contributed by atoms with Crippen molar-refractivity contribution >= 4 is 22.6 Å². The summed E-state index contributed by atoms with van der Waals surface area (Å²) in [7, 11) is 1.62. The van der Waals surface area contributed by atoms with E-state index in [-0.39, 0.29) is 12.0 Å². The molecule has 106 valence electrons. The van der Waals surface area contributed by atoms with E-state index in [9.17, 15) is 9.90 Å². The van der Waals surface area contributed by atoms with Crippen LogP contribution in [0.25, 0.3) is 0 Å². The standard InChI is InChI=1S/C12H19N3O3S/c1-7-4-9(11(16)17)6-15(5-7)12-13-10(14-19-12)8(2)18-3/h7-9H,4-6H2,1-3H3,(H,16,17). The predicted molar refractivity (Wildman–Crippen MR) is 72.5 cm³/mol. The highest BCUT2D eigenvalue weighted by Gasteiger charge is 2.31. The summed E-state index contributed by atoms with van der Waals surface area (Å²) in [6.07, 6.45) is 0.592. The second kappa shape index (κ2) is 5.83. The Balaban J connectivity index is 2.12. The van der Waals surface area contributed by atoms with Crippen molar-refractivity contribution in [2.45, 2.75) is 26.4 Å². The van der Waals surface area contributed by atoms with Gasteiger partial charge in [-0.1, -0.05) is 6.92 Å². The van der Waals surface area contributed by atoms with Gasteiger partial charge < -0.3 is 14.7 Å². The second-order valence-corrected chi connectivity index (χ2v) is 5.82. The molecular formula is C12H19N3O3S. The van der Waals surface area contributed by atoms with Crippen LogP contribution in [0.5, 0.6) is 0 Å². The lowest BCUT2D eigenvalue weighted by Gasteiger charge is -2.34. The number of carboxylic acid groups (broad SMARTS) is 1. The molecule has 19 heavy (non-hydrogen) atoms. The Morgan fingerprint density at radius 3 is 2.95 bits per heavy atom. The van der Waals surface area contributed by atoms with Gasteiger partial charge in [-0.15, -0.1) is 0 Å². The largest absolute Gasteiger partial charge is 0.481 e. The van der Waals surface area contributed by atoms with Gasteiger partial charge in [-0.25, -0.2) is 4.98 Å². The minimum Gasteiger partial charge on any atom is -0.481 e. The second-order valence-electron chi connectivity index (χ2n) is 5.09. The fourth-order valence-electron chi connectivity index (χ4n) is 2.31. The smallest absolute Gasteiger partial charge is 0.308 e. The highest BCUT2D eigenvalue weighted by Crippen LogP contribution is 2.29. The Morgan fingerprint density at radius 1 is 1.58 bits per heavy atom. The molecule has 0 aromatic carbocycles. The summed E-state index contributed by atoms with van der Waals surface area (Å²) in [5, 5.41) is 9.96. The molecule has 0 aliphatic carbocycles. The third kappa shape index (κ3) is 3.22. The van der Waals surface area contributed by atoms with Gasteiger partial charge >= 0.3 is 5.97 Å². The molecule has 0 amide bonds. The molecule has 1 aliphatic rings. The molecule has 1 aromatic rings. The number of methoxy groups -OCH3 is 1. The molecular weight excluding hydrogens is 266 g/mol. The zero-order chi connectivity index (χ0) is 14.0. The van der Waals surface area contributed by atoms with Crippen LogP contribution in [0.2, 0.25) is 0 Å². The van der Waals surface area contributed by atoms with Crippen molar-refractivity contribution in [3.05, 3.63) is 5.82 Å². The molecule has 1 aliphatic heterocycles.